The summed E-state index contributed by atoms with van der Waals surface area (Å²) >= 11 is 1.44. The van der Waals surface area contributed by atoms with Crippen LogP contribution in [0.1, 0.15) is 19.8 Å². The first-order chi connectivity index (χ1) is 7.08. The van der Waals surface area contributed by atoms with Crippen LogP contribution in [0, 0.1) is 0 Å². The molecule has 2 aliphatic rings. The maximum absolute atomic E-state index is 10.5. The van der Waals surface area contributed by atoms with Gasteiger partial charge in [-0.2, -0.15) is 0 Å². The third-order valence-electron chi connectivity index (χ3n) is 2.08. The molecule has 2 aliphatic heterocycles. The molecular weight excluding hydrogens is 218 g/mol. The van der Waals surface area contributed by atoms with Gasteiger partial charge in [0.15, 0.2) is 5.17 Å². The SMILES string of the molecule is C1=NO1.CCC1(CC(=O)O)CSC(N)=N1. The predicted molar refractivity (Wildman–Crippen MR) is 58.9 cm³/mol. The van der Waals surface area contributed by atoms with Gasteiger partial charge in [-0.3, -0.25) is 9.79 Å². The summed E-state index contributed by atoms with van der Waals surface area (Å²) in [4.78, 5) is 18.7. The third-order valence-corrected chi connectivity index (χ3v) is 3.15. The quantitative estimate of drug-likeness (QED) is 0.742. The number of nitrogens with two attached hydrogens (primary N) is 1. The van der Waals surface area contributed by atoms with Crippen molar-refractivity contribution in [2.75, 3.05) is 5.75 Å². The second-order valence-corrected chi connectivity index (χ2v) is 4.20. The first kappa shape index (κ1) is 11.8. The molecular formula is C8H13N3O3S. The highest BCUT2D eigenvalue weighted by atomic mass is 32.2. The fourth-order valence-corrected chi connectivity index (χ4v) is 2.23. The lowest BCUT2D eigenvalue weighted by Gasteiger charge is -2.20. The first-order valence-corrected chi connectivity index (χ1v) is 5.44. The molecule has 2 heterocycles. The van der Waals surface area contributed by atoms with Gasteiger partial charge in [0.2, 0.25) is 6.40 Å². The molecule has 0 bridgehead atoms. The number of thioether (sulfide) groups is 1. The van der Waals surface area contributed by atoms with E-state index in [1.54, 1.807) is 0 Å². The summed E-state index contributed by atoms with van der Waals surface area (Å²) in [6, 6.07) is 0. The Labute approximate surface area is 91.6 Å². The van der Waals surface area contributed by atoms with Crippen molar-refractivity contribution in [3.63, 3.8) is 0 Å². The Bertz CT molecular complexity index is 302. The molecule has 84 valence electrons. The van der Waals surface area contributed by atoms with E-state index in [1.807, 2.05) is 6.92 Å². The largest absolute Gasteiger partial charge is 0.481 e. The summed E-state index contributed by atoms with van der Waals surface area (Å²) in [6.07, 6.45) is 2.18. The van der Waals surface area contributed by atoms with E-state index < -0.39 is 11.5 Å². The van der Waals surface area contributed by atoms with E-state index in [0.717, 1.165) is 6.42 Å². The van der Waals surface area contributed by atoms with Crippen LogP contribution >= 0.6 is 11.8 Å². The highest BCUT2D eigenvalue weighted by Gasteiger charge is 2.35. The zero-order valence-corrected chi connectivity index (χ0v) is 9.16. The Hall–Kier alpha value is -1.24. The molecule has 3 N–H and O–H groups in total. The highest BCUT2D eigenvalue weighted by molar-refractivity contribution is 8.14. The number of carbonyl (C=O) groups is 1. The molecule has 0 aromatic carbocycles. The van der Waals surface area contributed by atoms with Crippen LogP contribution in [0.5, 0.6) is 0 Å². The molecule has 7 heteroatoms. The number of carboxylic acids is 1. The lowest BCUT2D eigenvalue weighted by atomic mass is 9.95. The van der Waals surface area contributed by atoms with Gasteiger partial charge >= 0.3 is 5.97 Å². The summed E-state index contributed by atoms with van der Waals surface area (Å²) in [6.45, 7) is 1.94. The molecule has 2 rings (SSSR count). The summed E-state index contributed by atoms with van der Waals surface area (Å²) in [5.74, 6) is -0.113. The maximum atomic E-state index is 10.5. The van der Waals surface area contributed by atoms with Crippen molar-refractivity contribution in [1.29, 1.82) is 0 Å². The van der Waals surface area contributed by atoms with Gasteiger partial charge in [0.25, 0.3) is 0 Å². The number of aliphatic carboxylic acids is 1. The molecule has 1 unspecified atom stereocenters. The van der Waals surface area contributed by atoms with E-state index in [0.29, 0.717) is 10.9 Å². The van der Waals surface area contributed by atoms with Crippen molar-refractivity contribution in [2.45, 2.75) is 25.3 Å². The second-order valence-electron chi connectivity index (χ2n) is 3.20. The normalized spacial score (nSPS) is 26.1. The molecule has 0 amide bonds. The predicted octanol–water partition coefficient (Wildman–Crippen LogP) is 0.631. The number of hydrogen-bond acceptors (Lipinski definition) is 6. The van der Waals surface area contributed by atoms with E-state index in [9.17, 15) is 4.79 Å². The number of aliphatic imine (C=N–C) groups is 1. The Morgan fingerprint density at radius 1 is 1.87 bits per heavy atom. The highest BCUT2D eigenvalue weighted by Crippen LogP contribution is 2.32. The van der Waals surface area contributed by atoms with Crippen LogP contribution in [-0.4, -0.2) is 33.9 Å². The lowest BCUT2D eigenvalue weighted by molar-refractivity contribution is -0.138. The molecule has 0 aromatic heterocycles. The number of rotatable bonds is 3. The topological polar surface area (TPSA) is 101 Å². The molecule has 0 aliphatic carbocycles. The van der Waals surface area contributed by atoms with Gasteiger partial charge in [-0.25, -0.2) is 0 Å². The molecule has 1 atom stereocenters. The van der Waals surface area contributed by atoms with Crippen LogP contribution in [-0.2, 0) is 9.63 Å². The van der Waals surface area contributed by atoms with Crippen LogP contribution in [0.15, 0.2) is 10.1 Å². The fourth-order valence-electron chi connectivity index (χ4n) is 1.18. The van der Waals surface area contributed by atoms with Crippen LogP contribution < -0.4 is 5.73 Å². The van der Waals surface area contributed by atoms with Crippen molar-refractivity contribution in [3.8, 4) is 0 Å². The first-order valence-electron chi connectivity index (χ1n) is 4.45. The van der Waals surface area contributed by atoms with Gasteiger partial charge < -0.3 is 15.7 Å². The van der Waals surface area contributed by atoms with Crippen LogP contribution in [0.2, 0.25) is 0 Å². The Morgan fingerprint density at radius 3 is 2.73 bits per heavy atom. The molecule has 0 spiro atoms. The van der Waals surface area contributed by atoms with Crippen LogP contribution in [0.3, 0.4) is 0 Å². The van der Waals surface area contributed by atoms with Gasteiger partial charge in [-0.05, 0) is 11.6 Å². The lowest BCUT2D eigenvalue weighted by Crippen LogP contribution is -2.29. The Kier molecular flexibility index (Phi) is 3.96. The van der Waals surface area contributed by atoms with Crippen molar-refractivity contribution in [3.05, 3.63) is 0 Å². The fraction of sp³-hybridized carbons (Fsp3) is 0.625. The number of amidine groups is 1. The zero-order valence-electron chi connectivity index (χ0n) is 8.34. The van der Waals surface area contributed by atoms with Gasteiger partial charge in [-0.1, -0.05) is 18.7 Å². The summed E-state index contributed by atoms with van der Waals surface area (Å²) in [7, 11) is 0. The van der Waals surface area contributed by atoms with Gasteiger partial charge in [0, 0.05) is 5.75 Å². The van der Waals surface area contributed by atoms with Gasteiger partial charge in [0.1, 0.15) is 0 Å². The van der Waals surface area contributed by atoms with Crippen molar-refractivity contribution >= 4 is 29.3 Å². The average Bonchev–Trinajstić information content (AvgIpc) is 2.98. The molecule has 0 radical (unpaired) electrons. The second kappa shape index (κ2) is 5.01. The Balaban J connectivity index is 0.000000319. The average molecular weight is 231 g/mol. The van der Waals surface area contributed by atoms with Crippen molar-refractivity contribution in [2.24, 2.45) is 15.9 Å². The molecule has 0 fully saturated rings. The number of hydrogen-bond donors (Lipinski definition) is 2. The van der Waals surface area contributed by atoms with Gasteiger partial charge in [-0.15, -0.1) is 0 Å². The van der Waals surface area contributed by atoms with Crippen LogP contribution in [0.25, 0.3) is 0 Å². The van der Waals surface area contributed by atoms with Crippen LogP contribution in [0.4, 0.5) is 0 Å². The molecule has 0 saturated carbocycles. The number of carboxylic acid groups (broad SMARTS) is 1. The zero-order chi connectivity index (χ0) is 11.3. The Morgan fingerprint density at radius 2 is 2.47 bits per heavy atom. The van der Waals surface area contributed by atoms with E-state index in [1.165, 1.54) is 18.2 Å². The molecule has 0 saturated heterocycles. The van der Waals surface area contributed by atoms with Crippen molar-refractivity contribution < 1.29 is 14.7 Å². The maximum Gasteiger partial charge on any atom is 0.305 e. The van der Waals surface area contributed by atoms with Crippen molar-refractivity contribution in [1.82, 2.24) is 0 Å². The summed E-state index contributed by atoms with van der Waals surface area (Å²) < 4.78 is 0. The van der Waals surface area contributed by atoms with E-state index >= 15 is 0 Å². The molecule has 0 aromatic rings. The van der Waals surface area contributed by atoms with E-state index in [4.69, 9.17) is 10.8 Å². The number of oxime groups is 1. The minimum Gasteiger partial charge on any atom is -0.481 e. The minimum atomic E-state index is -0.809. The summed E-state index contributed by atoms with van der Waals surface area (Å²) in [5.41, 5.74) is 5.04. The van der Waals surface area contributed by atoms with E-state index in [2.05, 4.69) is 15.0 Å². The standard InChI is InChI=1S/C7H12N2O2S.CHNO/c1-2-7(3-5(10)11)4-12-6(8)9-7;1-2-3-1/h2-4H2,1H3,(H2,8,9)(H,10,11);1H. The molecule has 6 nitrogen and oxygen atoms in total. The molecule has 15 heavy (non-hydrogen) atoms. The van der Waals surface area contributed by atoms with E-state index in [-0.39, 0.29) is 6.42 Å². The summed E-state index contributed by atoms with van der Waals surface area (Å²) in [5, 5.41) is 12.3. The minimum absolute atomic E-state index is 0.0806. The third kappa shape index (κ3) is 4.20. The van der Waals surface area contributed by atoms with Gasteiger partial charge in [0.05, 0.1) is 12.0 Å². The number of nitrogens with zero attached hydrogens (tertiary/aromatic N) is 2. The monoisotopic (exact) mass is 231 g/mol. The smallest absolute Gasteiger partial charge is 0.305 e.